The predicted molar refractivity (Wildman–Crippen MR) is 94.0 cm³/mol. The molecule has 0 bridgehead atoms. The molecule has 2 fully saturated rings. The summed E-state index contributed by atoms with van der Waals surface area (Å²) in [4.78, 5) is 25.4. The SMILES string of the molecule is CC(C)(C)C(=O)[C@@H](NC(=O)C1CC1C1CCCCC1)C(C)(C)C. The molecule has 0 heterocycles. The van der Waals surface area contributed by atoms with Crippen LogP contribution in [0.4, 0.5) is 0 Å². The van der Waals surface area contributed by atoms with Gasteiger partial charge >= 0.3 is 0 Å². The number of amides is 1. The van der Waals surface area contributed by atoms with Crippen molar-refractivity contribution in [2.45, 2.75) is 86.1 Å². The van der Waals surface area contributed by atoms with E-state index in [1.165, 1.54) is 32.1 Å². The van der Waals surface area contributed by atoms with Crippen LogP contribution in [0.2, 0.25) is 0 Å². The number of ketones is 1. The van der Waals surface area contributed by atoms with Gasteiger partial charge in [-0.3, -0.25) is 9.59 Å². The van der Waals surface area contributed by atoms with Crippen LogP contribution in [0.15, 0.2) is 0 Å². The summed E-state index contributed by atoms with van der Waals surface area (Å²) in [7, 11) is 0. The van der Waals surface area contributed by atoms with E-state index >= 15 is 0 Å². The van der Waals surface area contributed by atoms with E-state index in [2.05, 4.69) is 5.32 Å². The third-order valence-electron chi connectivity index (χ3n) is 5.59. The van der Waals surface area contributed by atoms with Crippen molar-refractivity contribution in [3.63, 3.8) is 0 Å². The molecule has 3 atom stereocenters. The van der Waals surface area contributed by atoms with Crippen LogP contribution in [0.25, 0.3) is 0 Å². The van der Waals surface area contributed by atoms with Crippen LogP contribution in [0.1, 0.15) is 80.1 Å². The molecular weight excluding hydrogens is 286 g/mol. The lowest BCUT2D eigenvalue weighted by Crippen LogP contribution is -2.53. The fourth-order valence-electron chi connectivity index (χ4n) is 3.96. The largest absolute Gasteiger partial charge is 0.345 e. The molecule has 1 N–H and O–H groups in total. The van der Waals surface area contributed by atoms with E-state index in [9.17, 15) is 9.59 Å². The zero-order chi connectivity index (χ0) is 17.4. The standard InChI is InChI=1S/C20H35NO2/c1-19(2,3)16(17(22)20(4,5)6)21-18(23)15-12-14(15)13-10-8-7-9-11-13/h13-16H,7-12H2,1-6H3,(H,21,23)/t14?,15?,16-/m1/s1. The van der Waals surface area contributed by atoms with Crippen LogP contribution in [-0.2, 0) is 9.59 Å². The molecule has 0 aromatic heterocycles. The Morgan fingerprint density at radius 3 is 2.00 bits per heavy atom. The number of hydrogen-bond acceptors (Lipinski definition) is 2. The monoisotopic (exact) mass is 321 g/mol. The highest BCUT2D eigenvalue weighted by Crippen LogP contribution is 2.49. The number of hydrogen-bond donors (Lipinski definition) is 1. The molecule has 3 heteroatoms. The van der Waals surface area contributed by atoms with E-state index in [0.717, 1.165) is 12.3 Å². The summed E-state index contributed by atoms with van der Waals surface area (Å²) in [5.74, 6) is 1.70. The van der Waals surface area contributed by atoms with Crippen LogP contribution >= 0.6 is 0 Å². The van der Waals surface area contributed by atoms with Gasteiger partial charge in [0.05, 0.1) is 6.04 Å². The maximum absolute atomic E-state index is 12.8. The molecule has 2 aliphatic carbocycles. The maximum atomic E-state index is 12.8. The van der Waals surface area contributed by atoms with Crippen molar-refractivity contribution >= 4 is 11.7 Å². The van der Waals surface area contributed by atoms with Crippen LogP contribution in [0, 0.1) is 28.6 Å². The summed E-state index contributed by atoms with van der Waals surface area (Å²) in [6.07, 6.45) is 7.60. The normalized spacial score (nSPS) is 27.4. The molecule has 2 saturated carbocycles. The highest BCUT2D eigenvalue weighted by molar-refractivity contribution is 5.94. The molecular formula is C20H35NO2. The van der Waals surface area contributed by atoms with Crippen molar-refractivity contribution in [2.24, 2.45) is 28.6 Å². The van der Waals surface area contributed by atoms with Gasteiger partial charge in [-0.15, -0.1) is 0 Å². The van der Waals surface area contributed by atoms with Gasteiger partial charge in [0.2, 0.25) is 5.91 Å². The molecule has 0 spiro atoms. The average molecular weight is 322 g/mol. The Morgan fingerprint density at radius 2 is 1.52 bits per heavy atom. The topological polar surface area (TPSA) is 46.2 Å². The molecule has 1 amide bonds. The summed E-state index contributed by atoms with van der Waals surface area (Å²) < 4.78 is 0. The zero-order valence-electron chi connectivity index (χ0n) is 15.9. The third-order valence-corrected chi connectivity index (χ3v) is 5.59. The Kier molecular flexibility index (Phi) is 5.27. The van der Waals surface area contributed by atoms with Gasteiger partial charge in [-0.05, 0) is 23.7 Å². The van der Waals surface area contributed by atoms with Gasteiger partial charge in [0.25, 0.3) is 0 Å². The lowest BCUT2D eigenvalue weighted by Gasteiger charge is -2.35. The van der Waals surface area contributed by atoms with Gasteiger partial charge in [-0.2, -0.15) is 0 Å². The highest BCUT2D eigenvalue weighted by Gasteiger charge is 2.49. The Labute approximate surface area is 142 Å². The minimum absolute atomic E-state index is 0.109. The Morgan fingerprint density at radius 1 is 0.957 bits per heavy atom. The van der Waals surface area contributed by atoms with Gasteiger partial charge < -0.3 is 5.32 Å². The number of rotatable bonds is 4. The Balaban J connectivity index is 1.98. The number of Topliss-reactive ketones (excluding diaryl/α,β-unsaturated/α-hetero) is 1. The van der Waals surface area contributed by atoms with Crippen molar-refractivity contribution in [1.82, 2.24) is 5.32 Å². The first kappa shape index (κ1) is 18.5. The van der Waals surface area contributed by atoms with Gasteiger partial charge in [0.15, 0.2) is 5.78 Å². The van der Waals surface area contributed by atoms with Crippen LogP contribution in [0.5, 0.6) is 0 Å². The third kappa shape index (κ3) is 4.58. The molecule has 0 saturated heterocycles. The van der Waals surface area contributed by atoms with Crippen LogP contribution in [-0.4, -0.2) is 17.7 Å². The minimum Gasteiger partial charge on any atom is -0.345 e. The van der Waals surface area contributed by atoms with Crippen LogP contribution < -0.4 is 5.32 Å². The fraction of sp³-hybridized carbons (Fsp3) is 0.900. The summed E-state index contributed by atoms with van der Waals surface area (Å²) in [6.45, 7) is 11.9. The number of carbonyl (C=O) groups excluding carboxylic acids is 2. The van der Waals surface area contributed by atoms with Gasteiger partial charge in [0, 0.05) is 11.3 Å². The van der Waals surface area contributed by atoms with E-state index in [0.29, 0.717) is 5.92 Å². The van der Waals surface area contributed by atoms with Crippen molar-refractivity contribution in [3.8, 4) is 0 Å². The molecule has 132 valence electrons. The molecule has 0 aromatic rings. The molecule has 2 rings (SSSR count). The quantitative estimate of drug-likeness (QED) is 0.836. The first-order valence-corrected chi connectivity index (χ1v) is 9.36. The molecule has 23 heavy (non-hydrogen) atoms. The second-order valence-electron chi connectivity index (χ2n) is 9.83. The van der Waals surface area contributed by atoms with E-state index in [-0.39, 0.29) is 23.0 Å². The van der Waals surface area contributed by atoms with Crippen molar-refractivity contribution in [1.29, 1.82) is 0 Å². The molecule has 0 aliphatic heterocycles. The van der Waals surface area contributed by atoms with Crippen molar-refractivity contribution in [3.05, 3.63) is 0 Å². The summed E-state index contributed by atoms with van der Waals surface area (Å²) in [5.41, 5.74) is -0.688. The second-order valence-corrected chi connectivity index (χ2v) is 9.83. The molecule has 0 radical (unpaired) electrons. The lowest BCUT2D eigenvalue weighted by molar-refractivity contribution is -0.135. The van der Waals surface area contributed by atoms with E-state index < -0.39 is 11.5 Å². The predicted octanol–water partition coefficient (Wildman–Crippen LogP) is 4.35. The smallest absolute Gasteiger partial charge is 0.224 e. The first-order valence-electron chi connectivity index (χ1n) is 9.36. The summed E-state index contributed by atoms with van der Waals surface area (Å²) >= 11 is 0. The van der Waals surface area contributed by atoms with Crippen LogP contribution in [0.3, 0.4) is 0 Å². The number of nitrogens with one attached hydrogen (secondary N) is 1. The zero-order valence-corrected chi connectivity index (χ0v) is 15.9. The molecule has 2 unspecified atom stereocenters. The van der Waals surface area contributed by atoms with Gasteiger partial charge in [-0.1, -0.05) is 73.6 Å². The molecule has 2 aliphatic rings. The van der Waals surface area contributed by atoms with Gasteiger partial charge in [-0.25, -0.2) is 0 Å². The molecule has 3 nitrogen and oxygen atoms in total. The fourth-order valence-corrected chi connectivity index (χ4v) is 3.96. The summed E-state index contributed by atoms with van der Waals surface area (Å²) in [5, 5.41) is 3.11. The Hall–Kier alpha value is -0.860. The average Bonchev–Trinajstić information content (AvgIpc) is 3.23. The van der Waals surface area contributed by atoms with E-state index in [4.69, 9.17) is 0 Å². The molecule has 0 aromatic carbocycles. The van der Waals surface area contributed by atoms with E-state index in [1.807, 2.05) is 41.5 Å². The second kappa shape index (κ2) is 6.57. The van der Waals surface area contributed by atoms with Crippen molar-refractivity contribution < 1.29 is 9.59 Å². The van der Waals surface area contributed by atoms with E-state index in [1.54, 1.807) is 0 Å². The Bertz CT molecular complexity index is 449. The maximum Gasteiger partial charge on any atom is 0.224 e. The lowest BCUT2D eigenvalue weighted by atomic mass is 9.75. The minimum atomic E-state index is -0.433. The number of carbonyl (C=O) groups is 2. The highest BCUT2D eigenvalue weighted by atomic mass is 16.2. The first-order chi connectivity index (χ1) is 10.5. The van der Waals surface area contributed by atoms with Gasteiger partial charge in [0.1, 0.15) is 0 Å². The van der Waals surface area contributed by atoms with Crippen molar-refractivity contribution in [2.75, 3.05) is 0 Å². The summed E-state index contributed by atoms with van der Waals surface area (Å²) in [6, 6.07) is -0.400.